The van der Waals surface area contributed by atoms with Crippen LogP contribution in [0.1, 0.15) is 25.0 Å². The number of rotatable bonds is 5. The second-order valence-corrected chi connectivity index (χ2v) is 8.14. The number of H-pyrrole nitrogens is 1. The highest BCUT2D eigenvalue weighted by atomic mass is 32.2. The molecule has 1 aromatic heterocycles. The predicted molar refractivity (Wildman–Crippen MR) is 91.1 cm³/mol. The second kappa shape index (κ2) is 6.08. The summed E-state index contributed by atoms with van der Waals surface area (Å²) in [6, 6.07) is 5.60. The molecule has 1 heterocycles. The largest absolute Gasteiger partial charge is 0.465 e. The molecular formula is C16H20N2O4S. The molecule has 0 radical (unpaired) electrons. The van der Waals surface area contributed by atoms with Crippen LogP contribution in [0.25, 0.3) is 17.0 Å². The van der Waals surface area contributed by atoms with Crippen molar-refractivity contribution >= 4 is 32.9 Å². The molecule has 1 amide bonds. The van der Waals surface area contributed by atoms with Gasteiger partial charge in [-0.25, -0.2) is 13.2 Å². The third-order valence-electron chi connectivity index (χ3n) is 3.41. The van der Waals surface area contributed by atoms with E-state index in [9.17, 15) is 13.2 Å². The quantitative estimate of drug-likeness (QED) is 0.781. The van der Waals surface area contributed by atoms with Gasteiger partial charge in [0, 0.05) is 28.8 Å². The topological polar surface area (TPSA) is 99.3 Å². The lowest BCUT2D eigenvalue weighted by Crippen LogP contribution is -2.44. The summed E-state index contributed by atoms with van der Waals surface area (Å²) in [5, 5.41) is 13.5. The maximum absolute atomic E-state index is 11.3. The summed E-state index contributed by atoms with van der Waals surface area (Å²) in [5.74, 6) is 0. The number of aromatic amines is 1. The fourth-order valence-corrected chi connectivity index (χ4v) is 2.92. The van der Waals surface area contributed by atoms with E-state index in [-0.39, 0.29) is 0 Å². The number of carbonyl (C=O) groups is 1. The molecule has 0 bridgehead atoms. The van der Waals surface area contributed by atoms with Gasteiger partial charge in [-0.3, -0.25) is 0 Å². The summed E-state index contributed by atoms with van der Waals surface area (Å²) in [6.07, 6.45) is 3.97. The Kier molecular flexibility index (Phi) is 4.51. The number of sulfone groups is 1. The SMILES string of the molecule is CC(C)(Cc1c[nH]c2c(C=CS(C)(=O)=O)cccc12)NC(=O)O. The fraction of sp³-hybridized carbons (Fsp3) is 0.312. The summed E-state index contributed by atoms with van der Waals surface area (Å²) >= 11 is 0. The van der Waals surface area contributed by atoms with Gasteiger partial charge in [-0.05, 0) is 37.5 Å². The van der Waals surface area contributed by atoms with E-state index in [1.165, 1.54) is 0 Å². The fourth-order valence-electron chi connectivity index (χ4n) is 2.53. The van der Waals surface area contributed by atoms with E-state index in [1.807, 2.05) is 38.2 Å². The molecule has 124 valence electrons. The van der Waals surface area contributed by atoms with Crippen molar-refractivity contribution in [2.75, 3.05) is 6.26 Å². The van der Waals surface area contributed by atoms with E-state index in [4.69, 9.17) is 5.11 Å². The number of hydrogen-bond donors (Lipinski definition) is 3. The van der Waals surface area contributed by atoms with Gasteiger partial charge in [0.2, 0.25) is 0 Å². The van der Waals surface area contributed by atoms with Crippen molar-refractivity contribution in [1.29, 1.82) is 0 Å². The Balaban J connectivity index is 2.39. The average molecular weight is 336 g/mol. The Morgan fingerprint density at radius 3 is 2.70 bits per heavy atom. The molecule has 0 saturated carbocycles. The zero-order valence-electron chi connectivity index (χ0n) is 13.3. The Bertz CT molecular complexity index is 863. The van der Waals surface area contributed by atoms with Crippen LogP contribution in [0.5, 0.6) is 0 Å². The minimum absolute atomic E-state index is 0.512. The van der Waals surface area contributed by atoms with E-state index in [0.29, 0.717) is 6.42 Å². The highest BCUT2D eigenvalue weighted by molar-refractivity contribution is 7.93. The first-order chi connectivity index (χ1) is 10.6. The molecule has 0 fully saturated rings. The lowest BCUT2D eigenvalue weighted by atomic mass is 9.94. The molecule has 7 heteroatoms. The van der Waals surface area contributed by atoms with Gasteiger partial charge in [0.25, 0.3) is 0 Å². The first-order valence-electron chi connectivity index (χ1n) is 7.06. The van der Waals surface area contributed by atoms with E-state index in [0.717, 1.165) is 33.7 Å². The van der Waals surface area contributed by atoms with Gasteiger partial charge in [-0.15, -0.1) is 0 Å². The summed E-state index contributed by atoms with van der Waals surface area (Å²) in [7, 11) is -3.20. The smallest absolute Gasteiger partial charge is 0.405 e. The van der Waals surface area contributed by atoms with Crippen LogP contribution in [0.3, 0.4) is 0 Å². The van der Waals surface area contributed by atoms with Gasteiger partial charge < -0.3 is 15.4 Å². The Labute approximate surface area is 135 Å². The molecular weight excluding hydrogens is 316 g/mol. The molecule has 0 aliphatic carbocycles. The molecule has 0 aliphatic heterocycles. The Hall–Kier alpha value is -2.28. The zero-order valence-corrected chi connectivity index (χ0v) is 14.1. The van der Waals surface area contributed by atoms with Crippen molar-refractivity contribution in [1.82, 2.24) is 10.3 Å². The van der Waals surface area contributed by atoms with Crippen LogP contribution in [0.15, 0.2) is 29.8 Å². The van der Waals surface area contributed by atoms with Crippen LogP contribution >= 0.6 is 0 Å². The van der Waals surface area contributed by atoms with Crippen LogP contribution in [0, 0.1) is 0 Å². The monoisotopic (exact) mass is 336 g/mol. The van der Waals surface area contributed by atoms with E-state index >= 15 is 0 Å². The van der Waals surface area contributed by atoms with Gasteiger partial charge >= 0.3 is 6.09 Å². The van der Waals surface area contributed by atoms with Crippen LogP contribution in [0.4, 0.5) is 4.79 Å². The molecule has 0 spiro atoms. The van der Waals surface area contributed by atoms with Gasteiger partial charge in [0.1, 0.15) is 0 Å². The first kappa shape index (κ1) is 17.1. The number of benzene rings is 1. The van der Waals surface area contributed by atoms with Crippen molar-refractivity contribution < 1.29 is 18.3 Å². The standard InChI is InChI=1S/C16H20N2O4S/c1-16(2,18-15(19)20)9-12-10-17-14-11(5-4-6-13(12)14)7-8-23(3,21)22/h4-8,10,17-18H,9H2,1-3H3,(H,19,20). The number of amides is 1. The first-order valence-corrected chi connectivity index (χ1v) is 9.01. The lowest BCUT2D eigenvalue weighted by Gasteiger charge is -2.24. The number of hydrogen-bond acceptors (Lipinski definition) is 3. The Morgan fingerprint density at radius 2 is 2.09 bits per heavy atom. The third-order valence-corrected chi connectivity index (χ3v) is 4.04. The number of carboxylic acid groups (broad SMARTS) is 1. The summed E-state index contributed by atoms with van der Waals surface area (Å²) in [4.78, 5) is 14.0. The number of nitrogens with one attached hydrogen (secondary N) is 2. The molecule has 2 rings (SSSR count). The highest BCUT2D eigenvalue weighted by Crippen LogP contribution is 2.26. The average Bonchev–Trinajstić information content (AvgIpc) is 2.77. The molecule has 2 aromatic rings. The molecule has 0 saturated heterocycles. The zero-order chi connectivity index (χ0) is 17.3. The summed E-state index contributed by atoms with van der Waals surface area (Å²) < 4.78 is 22.6. The van der Waals surface area contributed by atoms with Gasteiger partial charge in [0.15, 0.2) is 9.84 Å². The third kappa shape index (κ3) is 4.59. The minimum Gasteiger partial charge on any atom is -0.465 e. The second-order valence-electron chi connectivity index (χ2n) is 6.21. The Morgan fingerprint density at radius 1 is 1.39 bits per heavy atom. The highest BCUT2D eigenvalue weighted by Gasteiger charge is 2.22. The van der Waals surface area contributed by atoms with E-state index in [2.05, 4.69) is 10.3 Å². The molecule has 0 atom stereocenters. The van der Waals surface area contributed by atoms with Gasteiger partial charge in [0.05, 0.1) is 5.52 Å². The van der Waals surface area contributed by atoms with Gasteiger partial charge in [-0.1, -0.05) is 18.2 Å². The van der Waals surface area contributed by atoms with Crippen LogP contribution in [-0.2, 0) is 16.3 Å². The molecule has 6 nitrogen and oxygen atoms in total. The van der Waals surface area contributed by atoms with Crippen LogP contribution < -0.4 is 5.32 Å². The van der Waals surface area contributed by atoms with E-state index in [1.54, 1.807) is 6.08 Å². The number of fused-ring (bicyclic) bond motifs is 1. The molecule has 0 aliphatic rings. The summed E-state index contributed by atoms with van der Waals surface area (Å²) in [5.41, 5.74) is 1.95. The van der Waals surface area contributed by atoms with Crippen LogP contribution in [0.2, 0.25) is 0 Å². The van der Waals surface area contributed by atoms with Crippen molar-refractivity contribution in [2.24, 2.45) is 0 Å². The van der Waals surface area contributed by atoms with Gasteiger partial charge in [-0.2, -0.15) is 0 Å². The number of para-hydroxylation sites is 1. The van der Waals surface area contributed by atoms with Crippen molar-refractivity contribution in [2.45, 2.75) is 25.8 Å². The minimum atomic E-state index is -3.20. The predicted octanol–water partition coefficient (Wildman–Crippen LogP) is 2.77. The van der Waals surface area contributed by atoms with Crippen molar-refractivity contribution in [3.8, 4) is 0 Å². The number of aromatic nitrogens is 1. The van der Waals surface area contributed by atoms with Crippen LogP contribution in [-0.4, -0.2) is 36.4 Å². The van der Waals surface area contributed by atoms with E-state index < -0.39 is 21.5 Å². The molecule has 23 heavy (non-hydrogen) atoms. The molecule has 0 unspecified atom stereocenters. The summed E-state index contributed by atoms with van der Waals surface area (Å²) in [6.45, 7) is 3.63. The lowest BCUT2D eigenvalue weighted by molar-refractivity contribution is 0.182. The molecule has 3 N–H and O–H groups in total. The van der Waals surface area contributed by atoms with Crippen molar-refractivity contribution in [3.63, 3.8) is 0 Å². The van der Waals surface area contributed by atoms with Crippen molar-refractivity contribution in [3.05, 3.63) is 40.9 Å². The normalized spacial score (nSPS) is 12.8. The maximum Gasteiger partial charge on any atom is 0.405 e. The molecule has 1 aromatic carbocycles. The maximum atomic E-state index is 11.3.